The Hall–Kier alpha value is -2.74. The van der Waals surface area contributed by atoms with E-state index in [-0.39, 0.29) is 11.8 Å². The van der Waals surface area contributed by atoms with Crippen LogP contribution in [0.25, 0.3) is 17.0 Å². The van der Waals surface area contributed by atoms with Crippen molar-refractivity contribution in [1.82, 2.24) is 14.8 Å². The number of piperazine rings is 1. The lowest BCUT2D eigenvalue weighted by Crippen LogP contribution is -2.49. The first-order valence-corrected chi connectivity index (χ1v) is 12.8. The first kappa shape index (κ1) is 25.4. The molecule has 0 saturated carbocycles. The van der Waals surface area contributed by atoms with Crippen LogP contribution in [0.4, 0.5) is 0 Å². The third kappa shape index (κ3) is 5.92. The Labute approximate surface area is 218 Å². The number of carbonyl (C=O) groups is 2. The van der Waals surface area contributed by atoms with Crippen LogP contribution in [0.2, 0.25) is 10.0 Å². The third-order valence-electron chi connectivity index (χ3n) is 5.68. The van der Waals surface area contributed by atoms with Gasteiger partial charge in [-0.2, -0.15) is 0 Å². The summed E-state index contributed by atoms with van der Waals surface area (Å²) >= 11 is 14.6. The molecule has 1 aromatic heterocycles. The molecule has 1 aliphatic heterocycles. The molecule has 6 nitrogen and oxygen atoms in total. The van der Waals surface area contributed by atoms with Gasteiger partial charge >= 0.3 is 0 Å². The number of pyridine rings is 1. The quantitative estimate of drug-likeness (QED) is 0.378. The van der Waals surface area contributed by atoms with Crippen molar-refractivity contribution in [2.24, 2.45) is 0 Å². The lowest BCUT2D eigenvalue weighted by Gasteiger charge is -2.33. The predicted molar refractivity (Wildman–Crippen MR) is 141 cm³/mol. The smallest absolute Gasteiger partial charge is 0.246 e. The second-order valence-corrected chi connectivity index (χ2v) is 9.87. The molecule has 182 valence electrons. The molecule has 0 spiro atoms. The largest absolute Gasteiger partial charge is 0.490 e. The first-order chi connectivity index (χ1) is 16.9. The Kier molecular flexibility index (Phi) is 8.21. The van der Waals surface area contributed by atoms with Crippen molar-refractivity contribution in [3.63, 3.8) is 0 Å². The molecule has 1 saturated heterocycles. The molecule has 0 radical (unpaired) electrons. The minimum atomic E-state index is -0.0811. The van der Waals surface area contributed by atoms with Crippen LogP contribution in [0.5, 0.6) is 5.75 Å². The van der Waals surface area contributed by atoms with E-state index in [1.54, 1.807) is 35.1 Å². The minimum Gasteiger partial charge on any atom is -0.490 e. The van der Waals surface area contributed by atoms with Crippen LogP contribution >= 0.6 is 35.0 Å². The van der Waals surface area contributed by atoms with Gasteiger partial charge in [-0.3, -0.25) is 14.6 Å². The van der Waals surface area contributed by atoms with Gasteiger partial charge in [-0.15, -0.1) is 0 Å². The van der Waals surface area contributed by atoms with E-state index in [0.717, 1.165) is 20.7 Å². The summed E-state index contributed by atoms with van der Waals surface area (Å²) in [5.41, 5.74) is 1.53. The summed E-state index contributed by atoms with van der Waals surface area (Å²) in [7, 11) is 0. The monoisotopic (exact) mass is 529 g/mol. The summed E-state index contributed by atoms with van der Waals surface area (Å²) in [5, 5.41) is 1.98. The van der Waals surface area contributed by atoms with Gasteiger partial charge in [0.2, 0.25) is 11.8 Å². The van der Waals surface area contributed by atoms with E-state index in [1.165, 1.54) is 11.8 Å². The third-order valence-corrected chi connectivity index (χ3v) is 7.52. The van der Waals surface area contributed by atoms with Crippen molar-refractivity contribution in [3.8, 4) is 5.75 Å². The maximum Gasteiger partial charge on any atom is 0.246 e. The molecule has 1 aliphatic rings. The molecule has 2 heterocycles. The number of benzene rings is 2. The first-order valence-electron chi connectivity index (χ1n) is 11.3. The Balaban J connectivity index is 1.49. The summed E-state index contributed by atoms with van der Waals surface area (Å²) in [6.45, 7) is 6.16. The molecular formula is C26H25Cl2N3O3S. The van der Waals surface area contributed by atoms with Crippen molar-refractivity contribution in [3.05, 3.63) is 64.3 Å². The second kappa shape index (κ2) is 11.3. The number of amides is 2. The number of halogens is 2. The van der Waals surface area contributed by atoms with Crippen LogP contribution in [0.3, 0.4) is 0 Å². The summed E-state index contributed by atoms with van der Waals surface area (Å²) in [4.78, 5) is 33.6. The van der Waals surface area contributed by atoms with Gasteiger partial charge in [-0.25, -0.2) is 0 Å². The summed E-state index contributed by atoms with van der Waals surface area (Å²) in [6.07, 6.45) is 5.01. The normalized spacial score (nSPS) is 14.1. The van der Waals surface area contributed by atoms with Gasteiger partial charge in [0.15, 0.2) is 5.75 Å². The van der Waals surface area contributed by atoms with Crippen LogP contribution in [0.15, 0.2) is 58.5 Å². The molecule has 2 aromatic carbocycles. The van der Waals surface area contributed by atoms with Gasteiger partial charge in [0.1, 0.15) is 5.52 Å². The van der Waals surface area contributed by atoms with Gasteiger partial charge < -0.3 is 14.5 Å². The molecule has 0 bridgehead atoms. The topological polar surface area (TPSA) is 62.7 Å². The van der Waals surface area contributed by atoms with Crippen molar-refractivity contribution in [2.75, 3.05) is 32.8 Å². The van der Waals surface area contributed by atoms with Crippen molar-refractivity contribution < 1.29 is 14.3 Å². The molecule has 0 atom stereocenters. The van der Waals surface area contributed by atoms with Gasteiger partial charge in [-0.1, -0.05) is 41.0 Å². The average molecular weight is 530 g/mol. The minimum absolute atomic E-state index is 0.0378. The van der Waals surface area contributed by atoms with Crippen LogP contribution in [-0.4, -0.2) is 59.4 Å². The zero-order valence-electron chi connectivity index (χ0n) is 19.5. The lowest BCUT2D eigenvalue weighted by molar-refractivity contribution is -0.135. The van der Waals surface area contributed by atoms with E-state index in [0.29, 0.717) is 54.1 Å². The number of ether oxygens (including phenoxy) is 1. The Morgan fingerprint density at radius 3 is 2.49 bits per heavy atom. The number of hydrogen-bond donors (Lipinski definition) is 0. The molecule has 0 aliphatic carbocycles. The van der Waals surface area contributed by atoms with Crippen LogP contribution in [0, 0.1) is 0 Å². The molecule has 35 heavy (non-hydrogen) atoms. The van der Waals surface area contributed by atoms with Gasteiger partial charge in [-0.05, 0) is 48.9 Å². The van der Waals surface area contributed by atoms with Gasteiger partial charge in [0.05, 0.1) is 21.5 Å². The summed E-state index contributed by atoms with van der Waals surface area (Å²) < 4.78 is 5.92. The zero-order chi connectivity index (χ0) is 24.9. The molecule has 9 heteroatoms. The standard InChI is InChI=1S/C26H25Cl2N3O3S/c1-3-34-26-23(16-20(27)19-5-4-10-29-25(19)26)35-22-8-6-18(15-21(22)28)7-9-24(33)31-13-11-30(12-14-31)17(2)32/h4-10,15-16H,3,11-14H2,1-2H3/b9-7+. The SMILES string of the molecule is CCOc1c(Sc2ccc(/C=C/C(=O)N3CCN(C(C)=O)CC3)cc2Cl)cc(Cl)c2cccnc12. The number of hydrogen-bond acceptors (Lipinski definition) is 5. The number of rotatable bonds is 6. The summed E-state index contributed by atoms with van der Waals surface area (Å²) in [6, 6.07) is 11.3. The second-order valence-electron chi connectivity index (χ2n) is 7.97. The van der Waals surface area contributed by atoms with E-state index < -0.39 is 0 Å². The fourth-order valence-corrected chi connectivity index (χ4v) is 5.44. The molecule has 0 N–H and O–H groups in total. The molecule has 4 rings (SSSR count). The number of nitrogens with zero attached hydrogens (tertiary/aromatic N) is 3. The van der Waals surface area contributed by atoms with Gasteiger partial charge in [0.25, 0.3) is 0 Å². The molecule has 2 amide bonds. The van der Waals surface area contributed by atoms with E-state index in [2.05, 4.69) is 4.98 Å². The fraction of sp³-hybridized carbons (Fsp3) is 0.269. The highest BCUT2D eigenvalue weighted by molar-refractivity contribution is 7.99. The van der Waals surface area contributed by atoms with Crippen molar-refractivity contribution in [2.45, 2.75) is 23.6 Å². The summed E-state index contributed by atoms with van der Waals surface area (Å²) in [5.74, 6) is 0.631. The fourth-order valence-electron chi connectivity index (χ4n) is 3.85. The van der Waals surface area contributed by atoms with Crippen LogP contribution in [0.1, 0.15) is 19.4 Å². The van der Waals surface area contributed by atoms with Crippen LogP contribution in [-0.2, 0) is 9.59 Å². The van der Waals surface area contributed by atoms with Crippen molar-refractivity contribution in [1.29, 1.82) is 0 Å². The lowest BCUT2D eigenvalue weighted by atomic mass is 10.2. The number of carbonyl (C=O) groups excluding carboxylic acids is 2. The Morgan fingerprint density at radius 2 is 1.80 bits per heavy atom. The highest BCUT2D eigenvalue weighted by Gasteiger charge is 2.21. The average Bonchev–Trinajstić information content (AvgIpc) is 2.86. The van der Waals surface area contributed by atoms with E-state index in [9.17, 15) is 9.59 Å². The Bertz CT molecular complexity index is 1290. The number of aromatic nitrogens is 1. The molecule has 1 fully saturated rings. The molecule has 0 unspecified atom stereocenters. The van der Waals surface area contributed by atoms with E-state index in [4.69, 9.17) is 27.9 Å². The number of fused-ring (bicyclic) bond motifs is 1. The van der Waals surface area contributed by atoms with Gasteiger partial charge in [0, 0.05) is 55.7 Å². The molecule has 3 aromatic rings. The highest BCUT2D eigenvalue weighted by atomic mass is 35.5. The van der Waals surface area contributed by atoms with Crippen LogP contribution < -0.4 is 4.74 Å². The maximum atomic E-state index is 12.5. The van der Waals surface area contributed by atoms with Crippen molar-refractivity contribution >= 4 is 63.8 Å². The Morgan fingerprint density at radius 1 is 1.06 bits per heavy atom. The zero-order valence-corrected chi connectivity index (χ0v) is 21.8. The maximum absolute atomic E-state index is 12.5. The van der Waals surface area contributed by atoms with E-state index >= 15 is 0 Å². The predicted octanol–water partition coefficient (Wildman–Crippen LogP) is 5.80. The van der Waals surface area contributed by atoms with E-state index in [1.807, 2.05) is 43.3 Å². The highest BCUT2D eigenvalue weighted by Crippen LogP contribution is 2.44. The molecular weight excluding hydrogens is 505 g/mol.